The minimum absolute atomic E-state index is 0.00612. The second-order valence-electron chi connectivity index (χ2n) is 7.51. The molecule has 1 fully saturated rings. The monoisotopic (exact) mass is 406 g/mol. The first-order valence-electron chi connectivity index (χ1n) is 8.67. The maximum atomic E-state index is 12.7. The summed E-state index contributed by atoms with van der Waals surface area (Å²) in [5.41, 5.74) is -0.363. The van der Waals surface area contributed by atoms with Crippen LogP contribution in [0.1, 0.15) is 27.7 Å². The van der Waals surface area contributed by atoms with Crippen molar-refractivity contribution in [2.75, 3.05) is 11.8 Å². The number of hydrogen-bond acceptors (Lipinski definition) is 7. The van der Waals surface area contributed by atoms with E-state index in [-0.39, 0.29) is 22.2 Å². The summed E-state index contributed by atoms with van der Waals surface area (Å²) in [5, 5.41) is 9.36. The Morgan fingerprint density at radius 1 is 1.11 bits per heavy atom. The molecule has 0 bridgehead atoms. The Morgan fingerprint density at radius 2 is 1.68 bits per heavy atom. The van der Waals surface area contributed by atoms with Gasteiger partial charge in [0.05, 0.1) is 23.2 Å². The van der Waals surface area contributed by atoms with E-state index in [1.807, 2.05) is 27.7 Å². The first-order chi connectivity index (χ1) is 12.9. The van der Waals surface area contributed by atoms with Crippen LogP contribution < -0.4 is 14.9 Å². The second kappa shape index (κ2) is 6.95. The summed E-state index contributed by atoms with van der Waals surface area (Å²) in [5.74, 6) is 0.0866. The highest BCUT2D eigenvalue weighted by atomic mass is 32.2. The zero-order valence-corrected chi connectivity index (χ0v) is 17.2. The molecule has 0 atom stereocenters. The van der Waals surface area contributed by atoms with Crippen molar-refractivity contribution in [3.8, 4) is 11.6 Å². The number of phenols is 1. The summed E-state index contributed by atoms with van der Waals surface area (Å²) < 4.78 is 45.0. The highest BCUT2D eigenvalue weighted by Gasteiger charge is 2.52. The smallest absolute Gasteiger partial charge is 0.496 e. The maximum Gasteiger partial charge on any atom is 0.496 e. The molecule has 0 saturated carbocycles. The molecule has 3 rings (SSSR count). The molecule has 0 radical (unpaired) electrons. The molecule has 0 amide bonds. The molecule has 0 spiro atoms. The molecule has 1 aromatic carbocycles. The number of phenolic OH excluding ortho intramolecular Hbond substituents is 1. The van der Waals surface area contributed by atoms with Crippen LogP contribution in [0.25, 0.3) is 0 Å². The number of sulfonamides is 1. The van der Waals surface area contributed by atoms with Gasteiger partial charge in [-0.15, -0.1) is 0 Å². The van der Waals surface area contributed by atoms with Crippen molar-refractivity contribution in [2.24, 2.45) is 0 Å². The minimum atomic E-state index is -3.91. The molecule has 10 heteroatoms. The van der Waals surface area contributed by atoms with E-state index in [1.165, 1.54) is 37.6 Å². The molecule has 1 aliphatic heterocycles. The highest BCUT2D eigenvalue weighted by molar-refractivity contribution is 7.92. The second-order valence-corrected chi connectivity index (χ2v) is 9.20. The average Bonchev–Trinajstić information content (AvgIpc) is 2.82. The van der Waals surface area contributed by atoms with Crippen LogP contribution in [0.5, 0.6) is 11.6 Å². The van der Waals surface area contributed by atoms with Gasteiger partial charge in [-0.05, 0) is 58.0 Å². The molecule has 1 saturated heterocycles. The summed E-state index contributed by atoms with van der Waals surface area (Å²) >= 11 is 0. The van der Waals surface area contributed by atoms with E-state index in [0.29, 0.717) is 5.46 Å². The quantitative estimate of drug-likeness (QED) is 0.731. The van der Waals surface area contributed by atoms with Crippen molar-refractivity contribution in [3.05, 3.63) is 36.5 Å². The average molecular weight is 406 g/mol. The zero-order valence-electron chi connectivity index (χ0n) is 16.4. The minimum Gasteiger partial charge on any atom is -0.508 e. The number of hydrogen-bond donors (Lipinski definition) is 2. The largest absolute Gasteiger partial charge is 0.508 e. The molecule has 2 N–H and O–H groups in total. The van der Waals surface area contributed by atoms with Crippen LogP contribution in [-0.4, -0.2) is 43.9 Å². The summed E-state index contributed by atoms with van der Waals surface area (Å²) in [6, 6.07) is 6.77. The SMILES string of the molecule is COc1ncc(B2OC(C)(C)C(C)(C)O2)cc1NS(=O)(=O)c1ccc(O)cc1. The van der Waals surface area contributed by atoms with Gasteiger partial charge in [0.2, 0.25) is 5.88 Å². The van der Waals surface area contributed by atoms with Gasteiger partial charge in [0.1, 0.15) is 11.4 Å². The van der Waals surface area contributed by atoms with Crippen LogP contribution in [0.2, 0.25) is 0 Å². The van der Waals surface area contributed by atoms with E-state index in [2.05, 4.69) is 9.71 Å². The Kier molecular flexibility index (Phi) is 5.07. The van der Waals surface area contributed by atoms with Gasteiger partial charge in [0.15, 0.2) is 0 Å². The molecule has 150 valence electrons. The summed E-state index contributed by atoms with van der Waals surface area (Å²) in [6.45, 7) is 7.72. The fraction of sp³-hybridized carbons (Fsp3) is 0.389. The lowest BCUT2D eigenvalue weighted by atomic mass is 9.80. The normalized spacial score (nSPS) is 18.1. The van der Waals surface area contributed by atoms with Gasteiger partial charge in [-0.2, -0.15) is 0 Å². The molecule has 1 aromatic heterocycles. The van der Waals surface area contributed by atoms with Gasteiger partial charge < -0.3 is 19.2 Å². The molecule has 2 aromatic rings. The highest BCUT2D eigenvalue weighted by Crippen LogP contribution is 2.37. The molecule has 0 aliphatic carbocycles. The molecule has 2 heterocycles. The van der Waals surface area contributed by atoms with Crippen LogP contribution in [0, 0.1) is 0 Å². The van der Waals surface area contributed by atoms with Crippen molar-refractivity contribution in [2.45, 2.75) is 43.8 Å². The molecule has 1 aliphatic rings. The van der Waals surface area contributed by atoms with Crippen LogP contribution in [0.4, 0.5) is 5.69 Å². The fourth-order valence-electron chi connectivity index (χ4n) is 2.64. The summed E-state index contributed by atoms with van der Waals surface area (Å²) in [6.07, 6.45) is 1.53. The van der Waals surface area contributed by atoms with Gasteiger partial charge in [0.25, 0.3) is 10.0 Å². The third-order valence-electron chi connectivity index (χ3n) is 4.98. The van der Waals surface area contributed by atoms with Crippen LogP contribution >= 0.6 is 0 Å². The van der Waals surface area contributed by atoms with Gasteiger partial charge in [-0.25, -0.2) is 13.4 Å². The Labute approximate surface area is 165 Å². The van der Waals surface area contributed by atoms with Crippen molar-refractivity contribution in [1.82, 2.24) is 4.98 Å². The lowest BCUT2D eigenvalue weighted by molar-refractivity contribution is 0.00578. The zero-order chi connectivity index (χ0) is 20.7. The third kappa shape index (κ3) is 3.80. The maximum absolute atomic E-state index is 12.7. The number of rotatable bonds is 5. The fourth-order valence-corrected chi connectivity index (χ4v) is 3.69. The Bertz CT molecular complexity index is 960. The van der Waals surface area contributed by atoms with Gasteiger partial charge in [-0.3, -0.25) is 4.72 Å². The van der Waals surface area contributed by atoms with Crippen LogP contribution in [0.3, 0.4) is 0 Å². The number of aromatic hydroxyl groups is 1. The van der Waals surface area contributed by atoms with E-state index < -0.39 is 28.3 Å². The molecular formula is C18H23BN2O6S. The van der Waals surface area contributed by atoms with E-state index in [4.69, 9.17) is 14.0 Å². The number of methoxy groups -OCH3 is 1. The first-order valence-corrected chi connectivity index (χ1v) is 10.1. The number of ether oxygens (including phenoxy) is 1. The number of anilines is 1. The molecule has 28 heavy (non-hydrogen) atoms. The Morgan fingerprint density at radius 3 is 2.21 bits per heavy atom. The van der Waals surface area contributed by atoms with Crippen LogP contribution in [-0.2, 0) is 19.3 Å². The Hall–Kier alpha value is -2.30. The van der Waals surface area contributed by atoms with E-state index in [9.17, 15) is 13.5 Å². The lowest BCUT2D eigenvalue weighted by Crippen LogP contribution is -2.41. The first kappa shape index (κ1) is 20.4. The third-order valence-corrected chi connectivity index (χ3v) is 6.36. The number of pyridine rings is 1. The number of nitrogens with zero attached hydrogens (tertiary/aromatic N) is 1. The van der Waals surface area contributed by atoms with Crippen LogP contribution in [0.15, 0.2) is 41.4 Å². The Balaban J connectivity index is 1.93. The van der Waals surface area contributed by atoms with Crippen molar-refractivity contribution >= 4 is 28.3 Å². The topological polar surface area (TPSA) is 107 Å². The number of benzene rings is 1. The van der Waals surface area contributed by atoms with E-state index in [1.54, 1.807) is 6.07 Å². The molecule has 0 unspecified atom stereocenters. The molecule has 8 nitrogen and oxygen atoms in total. The van der Waals surface area contributed by atoms with E-state index in [0.717, 1.165) is 0 Å². The number of nitrogens with one attached hydrogen (secondary N) is 1. The van der Waals surface area contributed by atoms with Crippen molar-refractivity contribution < 1.29 is 27.6 Å². The number of aromatic nitrogens is 1. The predicted octanol–water partition coefficient (Wildman–Crippen LogP) is 1.90. The summed E-state index contributed by atoms with van der Waals surface area (Å²) in [4.78, 5) is 4.17. The van der Waals surface area contributed by atoms with Crippen molar-refractivity contribution in [3.63, 3.8) is 0 Å². The van der Waals surface area contributed by atoms with Gasteiger partial charge >= 0.3 is 7.12 Å². The van der Waals surface area contributed by atoms with Gasteiger partial charge in [0, 0.05) is 11.7 Å². The summed E-state index contributed by atoms with van der Waals surface area (Å²) in [7, 11) is -3.21. The van der Waals surface area contributed by atoms with Gasteiger partial charge in [-0.1, -0.05) is 0 Å². The lowest BCUT2D eigenvalue weighted by Gasteiger charge is -2.32. The van der Waals surface area contributed by atoms with Crippen molar-refractivity contribution in [1.29, 1.82) is 0 Å². The molecular weight excluding hydrogens is 383 g/mol. The van der Waals surface area contributed by atoms with E-state index >= 15 is 0 Å². The standard InChI is InChI=1S/C18H23BN2O6S/c1-17(2)18(3,4)27-19(26-17)12-10-15(16(25-5)20-11-12)21-28(23,24)14-8-6-13(22)7-9-14/h6-11,21-22H,1-5H3. The predicted molar refractivity (Wildman–Crippen MR) is 105 cm³/mol.